The number of amides is 1. The molecule has 0 spiro atoms. The lowest BCUT2D eigenvalue weighted by atomic mass is 10.1. The molecule has 18 heteroatoms. The normalized spacial score (nSPS) is 15.0. The molecule has 0 aliphatic heterocycles. The van der Waals surface area contributed by atoms with Crippen LogP contribution in [0.5, 0.6) is 0 Å². The molecule has 0 saturated carbocycles. The highest BCUT2D eigenvalue weighted by atomic mass is 16.6. The summed E-state index contributed by atoms with van der Waals surface area (Å²) in [4.78, 5) is 27.5. The Morgan fingerprint density at radius 2 is 1.05 bits per heavy atom. The van der Waals surface area contributed by atoms with Crippen molar-refractivity contribution in [3.05, 3.63) is 54.1 Å². The number of carbonyl (C=O) groups is 2. The Morgan fingerprint density at radius 1 is 0.585 bits per heavy atom. The Bertz CT molecular complexity index is 1510. The van der Waals surface area contributed by atoms with E-state index in [1.54, 1.807) is 24.3 Å². The van der Waals surface area contributed by atoms with Gasteiger partial charge in [0.2, 0.25) is 6.04 Å². The van der Waals surface area contributed by atoms with Gasteiger partial charge in [0.1, 0.15) is 0 Å². The fourth-order valence-corrected chi connectivity index (χ4v) is 5.77. The SMILES string of the molecule is CC(=O)C(N=Nc1ccc(N(CCOCC(C)OCC(C)OCC(C)OCCOCCO)CCOCC(C)OCC(C)OCC(C)OCCOCCO)cc1C)C(=O)Nc1ccccc1. The number of para-hydroxylation sites is 1. The average molecular weight is 923 g/mol. The molecule has 0 heterocycles. The van der Waals surface area contributed by atoms with Crippen molar-refractivity contribution in [2.45, 2.75) is 98.1 Å². The number of carbonyl (C=O) groups excluding carboxylic acids is 2. The number of aliphatic hydroxyl groups excluding tert-OH is 2. The topological polar surface area (TPSA) is 207 Å². The molecule has 18 nitrogen and oxygen atoms in total. The number of nitrogens with zero attached hydrogens (tertiary/aromatic N) is 3. The predicted molar refractivity (Wildman–Crippen MR) is 247 cm³/mol. The Hall–Kier alpha value is -3.50. The lowest BCUT2D eigenvalue weighted by Gasteiger charge is -2.26. The van der Waals surface area contributed by atoms with Crippen molar-refractivity contribution in [2.24, 2.45) is 10.2 Å². The van der Waals surface area contributed by atoms with Crippen LogP contribution in [0.1, 0.15) is 54.0 Å². The number of rotatable bonds is 40. The van der Waals surface area contributed by atoms with E-state index in [1.165, 1.54) is 6.92 Å². The molecule has 1 amide bonds. The minimum Gasteiger partial charge on any atom is -0.394 e. The number of benzene rings is 2. The number of nitrogens with one attached hydrogen (secondary N) is 1. The van der Waals surface area contributed by atoms with Crippen molar-refractivity contribution in [3.63, 3.8) is 0 Å². The van der Waals surface area contributed by atoms with E-state index in [9.17, 15) is 9.59 Å². The van der Waals surface area contributed by atoms with Crippen LogP contribution < -0.4 is 10.2 Å². The van der Waals surface area contributed by atoms with Crippen LogP contribution in [0.4, 0.5) is 17.1 Å². The molecule has 65 heavy (non-hydrogen) atoms. The van der Waals surface area contributed by atoms with Crippen LogP contribution in [0.3, 0.4) is 0 Å². The summed E-state index contributed by atoms with van der Waals surface area (Å²) in [6.45, 7) is 21.6. The molecule has 0 aliphatic rings. The van der Waals surface area contributed by atoms with Gasteiger partial charge in [-0.25, -0.2) is 0 Å². The van der Waals surface area contributed by atoms with Gasteiger partial charge >= 0.3 is 0 Å². The Balaban J connectivity index is 1.93. The summed E-state index contributed by atoms with van der Waals surface area (Å²) in [6, 6.07) is 13.3. The fourth-order valence-electron chi connectivity index (χ4n) is 5.77. The monoisotopic (exact) mass is 923 g/mol. The summed E-state index contributed by atoms with van der Waals surface area (Å²) in [5.41, 5.74) is 2.82. The number of ketones is 1. The molecule has 0 bridgehead atoms. The number of hydrogen-bond acceptors (Lipinski definition) is 17. The number of azo groups is 1. The maximum atomic E-state index is 12.9. The smallest absolute Gasteiger partial charge is 0.258 e. The van der Waals surface area contributed by atoms with Gasteiger partial charge in [-0.1, -0.05) is 18.2 Å². The molecule has 2 aromatic carbocycles. The second kappa shape index (κ2) is 35.7. The first-order valence-electron chi connectivity index (χ1n) is 22.7. The van der Waals surface area contributed by atoms with Crippen LogP contribution in [-0.2, 0) is 57.0 Å². The molecule has 0 aromatic heterocycles. The quantitative estimate of drug-likeness (QED) is 0.0459. The van der Waals surface area contributed by atoms with E-state index in [1.807, 2.05) is 72.7 Å². The summed E-state index contributed by atoms with van der Waals surface area (Å²) < 4.78 is 57.7. The van der Waals surface area contributed by atoms with Gasteiger partial charge in [0.15, 0.2) is 5.78 Å². The van der Waals surface area contributed by atoms with Crippen LogP contribution in [0.15, 0.2) is 58.8 Å². The van der Waals surface area contributed by atoms with Crippen molar-refractivity contribution >= 4 is 28.8 Å². The molecule has 2 aromatic rings. The maximum absolute atomic E-state index is 12.9. The van der Waals surface area contributed by atoms with Gasteiger partial charge in [-0.15, -0.1) is 0 Å². The standard InChI is InChI=1S/C47H78N4O14/c1-35-28-44(14-15-45(35)49-50-46(42(8)54)47(55)48-43-12-10-9-11-13-43)51(16-20-58-29-36(2)62-33-40(6)64-31-38(4)60-26-24-56-22-18-52)17-21-59-30-37(3)63-34-41(7)65-32-39(5)61-27-25-57-23-19-53/h9-15,28,36-41,46,52-53H,16-27,29-34H2,1-8H3,(H,48,55). The minimum atomic E-state index is -1.29. The first-order chi connectivity index (χ1) is 31.3. The molecule has 0 radical (unpaired) electrons. The number of anilines is 2. The molecule has 3 N–H and O–H groups in total. The molecule has 7 atom stereocenters. The summed E-state index contributed by atoms with van der Waals surface area (Å²) in [6.07, 6.45) is -0.801. The van der Waals surface area contributed by atoms with Gasteiger partial charge in [0.25, 0.3) is 5.91 Å². The molecule has 0 aliphatic carbocycles. The number of aryl methyl sites for hydroxylation is 1. The van der Waals surface area contributed by atoms with Crippen LogP contribution in [0.25, 0.3) is 0 Å². The fraction of sp³-hybridized carbons (Fsp3) is 0.702. The zero-order chi connectivity index (χ0) is 47.7. The summed E-state index contributed by atoms with van der Waals surface area (Å²) in [5, 5.41) is 28.8. The van der Waals surface area contributed by atoms with Crippen LogP contribution in [-0.4, -0.2) is 183 Å². The Kier molecular flexibility index (Phi) is 31.6. The maximum Gasteiger partial charge on any atom is 0.258 e. The van der Waals surface area contributed by atoms with Crippen LogP contribution in [0, 0.1) is 6.92 Å². The lowest BCUT2D eigenvalue weighted by Crippen LogP contribution is -2.33. The van der Waals surface area contributed by atoms with E-state index in [-0.39, 0.29) is 49.8 Å². The van der Waals surface area contributed by atoms with Gasteiger partial charge in [-0.2, -0.15) is 10.2 Å². The third kappa shape index (κ3) is 27.7. The lowest BCUT2D eigenvalue weighted by molar-refractivity contribution is -0.126. The van der Waals surface area contributed by atoms with E-state index >= 15 is 0 Å². The van der Waals surface area contributed by atoms with Gasteiger partial charge in [-0.3, -0.25) is 9.59 Å². The first kappa shape index (κ1) is 57.6. The summed E-state index contributed by atoms with van der Waals surface area (Å²) >= 11 is 0. The second-order valence-corrected chi connectivity index (χ2v) is 15.8. The highest BCUT2D eigenvalue weighted by Gasteiger charge is 2.23. The van der Waals surface area contributed by atoms with E-state index in [0.717, 1.165) is 11.3 Å². The van der Waals surface area contributed by atoms with Gasteiger partial charge in [0.05, 0.1) is 148 Å². The molecular weight excluding hydrogens is 845 g/mol. The van der Waals surface area contributed by atoms with Crippen molar-refractivity contribution in [2.75, 3.05) is 129 Å². The molecule has 370 valence electrons. The highest BCUT2D eigenvalue weighted by molar-refractivity contribution is 6.10. The Labute approximate surface area is 386 Å². The van der Waals surface area contributed by atoms with E-state index in [0.29, 0.717) is 117 Å². The number of hydrogen-bond donors (Lipinski definition) is 3. The van der Waals surface area contributed by atoms with Crippen molar-refractivity contribution in [1.29, 1.82) is 0 Å². The van der Waals surface area contributed by atoms with E-state index in [4.69, 9.17) is 57.6 Å². The van der Waals surface area contributed by atoms with E-state index < -0.39 is 17.7 Å². The molecule has 2 rings (SSSR count). The van der Waals surface area contributed by atoms with Gasteiger partial charge < -0.3 is 67.8 Å². The largest absolute Gasteiger partial charge is 0.394 e. The summed E-state index contributed by atoms with van der Waals surface area (Å²) in [7, 11) is 0. The number of ether oxygens (including phenoxy) is 10. The summed E-state index contributed by atoms with van der Waals surface area (Å²) in [5.74, 6) is -0.976. The molecular formula is C47H78N4O14. The van der Waals surface area contributed by atoms with Gasteiger partial charge in [-0.05, 0) is 91.3 Å². The van der Waals surface area contributed by atoms with Crippen LogP contribution in [0.2, 0.25) is 0 Å². The molecule has 0 saturated heterocycles. The van der Waals surface area contributed by atoms with Gasteiger partial charge in [0, 0.05) is 24.5 Å². The van der Waals surface area contributed by atoms with Crippen LogP contribution >= 0.6 is 0 Å². The second-order valence-electron chi connectivity index (χ2n) is 15.8. The highest BCUT2D eigenvalue weighted by Crippen LogP contribution is 2.26. The predicted octanol–water partition coefficient (Wildman–Crippen LogP) is 4.96. The molecule has 0 fully saturated rings. The Morgan fingerprint density at radius 3 is 1.49 bits per heavy atom. The zero-order valence-electron chi connectivity index (χ0n) is 40.0. The zero-order valence-corrected chi connectivity index (χ0v) is 40.0. The van der Waals surface area contributed by atoms with Crippen molar-refractivity contribution in [3.8, 4) is 0 Å². The number of aliphatic hydroxyl groups is 2. The number of Topliss-reactive ketones (excluding diaryl/α,β-unsaturated/α-hetero) is 1. The van der Waals surface area contributed by atoms with Crippen molar-refractivity contribution in [1.82, 2.24) is 0 Å². The third-order valence-electron chi connectivity index (χ3n) is 9.41. The molecule has 7 unspecified atom stereocenters. The van der Waals surface area contributed by atoms with E-state index in [2.05, 4.69) is 20.4 Å². The van der Waals surface area contributed by atoms with Crippen molar-refractivity contribution < 1.29 is 67.2 Å². The first-order valence-corrected chi connectivity index (χ1v) is 22.7. The minimum absolute atomic E-state index is 0.0116. The average Bonchev–Trinajstić information content (AvgIpc) is 3.28. The third-order valence-corrected chi connectivity index (χ3v) is 9.41.